The molecule has 0 saturated carbocycles. The Balaban J connectivity index is 1.42. The number of hydrogen-bond acceptors (Lipinski definition) is 3. The minimum absolute atomic E-state index is 0.443. The first-order chi connectivity index (χ1) is 12.7. The lowest BCUT2D eigenvalue weighted by Gasteiger charge is -2.19. The number of nitrogens with zero attached hydrogens (tertiary/aromatic N) is 2. The van der Waals surface area contributed by atoms with E-state index in [4.69, 9.17) is 0 Å². The average Bonchev–Trinajstić information content (AvgIpc) is 3.32. The van der Waals surface area contributed by atoms with Crippen molar-refractivity contribution in [2.75, 3.05) is 38.1 Å². The number of guanidine groups is 1. The third-order valence-electron chi connectivity index (χ3n) is 4.58. The number of nitrogens with one attached hydrogen (secondary N) is 2. The highest BCUT2D eigenvalue weighted by molar-refractivity contribution is 7.09. The molecule has 4 nitrogen and oxygen atoms in total. The van der Waals surface area contributed by atoms with Crippen LogP contribution in [0, 0.1) is 17.6 Å². The Morgan fingerprint density at radius 3 is 2.88 bits per heavy atom. The van der Waals surface area contributed by atoms with Crippen LogP contribution in [0.1, 0.15) is 11.3 Å². The van der Waals surface area contributed by atoms with Gasteiger partial charge in [-0.05, 0) is 42.3 Å². The summed E-state index contributed by atoms with van der Waals surface area (Å²) < 4.78 is 26.5. The minimum Gasteiger partial charge on any atom is -0.371 e. The third-order valence-corrected chi connectivity index (χ3v) is 5.52. The second kappa shape index (κ2) is 8.98. The van der Waals surface area contributed by atoms with Crippen LogP contribution in [0.25, 0.3) is 0 Å². The van der Waals surface area contributed by atoms with E-state index in [0.717, 1.165) is 50.7 Å². The number of halogens is 2. The highest BCUT2D eigenvalue weighted by Crippen LogP contribution is 2.24. The van der Waals surface area contributed by atoms with Gasteiger partial charge in [0.1, 0.15) is 0 Å². The third kappa shape index (κ3) is 4.94. The minimum atomic E-state index is -0.802. The summed E-state index contributed by atoms with van der Waals surface area (Å²) in [5, 5.41) is 8.78. The number of benzene rings is 1. The molecule has 0 aliphatic carbocycles. The fourth-order valence-corrected chi connectivity index (χ4v) is 3.85. The molecule has 0 amide bonds. The van der Waals surface area contributed by atoms with Crippen molar-refractivity contribution >= 4 is 23.0 Å². The molecule has 1 aromatic heterocycles. The topological polar surface area (TPSA) is 39.7 Å². The van der Waals surface area contributed by atoms with Crippen LogP contribution in [0.2, 0.25) is 0 Å². The first-order valence-electron chi connectivity index (χ1n) is 8.82. The number of anilines is 1. The van der Waals surface area contributed by atoms with Crippen molar-refractivity contribution in [1.82, 2.24) is 10.6 Å². The fraction of sp³-hybridized carbons (Fsp3) is 0.421. The van der Waals surface area contributed by atoms with Gasteiger partial charge in [0.15, 0.2) is 17.6 Å². The van der Waals surface area contributed by atoms with Crippen LogP contribution in [0.3, 0.4) is 0 Å². The van der Waals surface area contributed by atoms with Crippen LogP contribution >= 0.6 is 11.3 Å². The zero-order valence-corrected chi connectivity index (χ0v) is 15.7. The highest BCUT2D eigenvalue weighted by atomic mass is 32.1. The van der Waals surface area contributed by atoms with Crippen molar-refractivity contribution in [1.29, 1.82) is 0 Å². The molecule has 1 unspecified atom stereocenters. The van der Waals surface area contributed by atoms with Crippen molar-refractivity contribution in [3.05, 3.63) is 52.2 Å². The van der Waals surface area contributed by atoms with Gasteiger partial charge in [0.05, 0.1) is 0 Å². The van der Waals surface area contributed by atoms with Gasteiger partial charge in [-0.2, -0.15) is 0 Å². The van der Waals surface area contributed by atoms with E-state index >= 15 is 0 Å². The van der Waals surface area contributed by atoms with Gasteiger partial charge >= 0.3 is 0 Å². The zero-order chi connectivity index (χ0) is 18.4. The average molecular weight is 378 g/mol. The molecule has 7 heteroatoms. The van der Waals surface area contributed by atoms with Crippen LogP contribution in [-0.4, -0.2) is 39.2 Å². The summed E-state index contributed by atoms with van der Waals surface area (Å²) >= 11 is 1.76. The second-order valence-electron chi connectivity index (χ2n) is 6.41. The lowest BCUT2D eigenvalue weighted by Crippen LogP contribution is -2.41. The highest BCUT2D eigenvalue weighted by Gasteiger charge is 2.23. The van der Waals surface area contributed by atoms with E-state index in [1.54, 1.807) is 24.5 Å². The van der Waals surface area contributed by atoms with Gasteiger partial charge in [-0.15, -0.1) is 11.3 Å². The molecule has 3 rings (SSSR count). The van der Waals surface area contributed by atoms with Gasteiger partial charge in [-0.3, -0.25) is 4.99 Å². The van der Waals surface area contributed by atoms with Gasteiger partial charge in [-0.1, -0.05) is 6.07 Å². The molecule has 1 aliphatic heterocycles. The van der Waals surface area contributed by atoms with E-state index in [-0.39, 0.29) is 0 Å². The summed E-state index contributed by atoms with van der Waals surface area (Å²) in [5.41, 5.74) is 0.741. The predicted octanol–water partition coefficient (Wildman–Crippen LogP) is 3.26. The molecule has 1 atom stereocenters. The summed E-state index contributed by atoms with van der Waals surface area (Å²) in [7, 11) is 1.77. The molecule has 0 radical (unpaired) electrons. The van der Waals surface area contributed by atoms with Crippen molar-refractivity contribution in [3.63, 3.8) is 0 Å². The standard InChI is InChI=1S/C19H24F2N4S/c1-22-19(23-8-6-16-3-2-10-26-16)24-12-14-7-9-25(13-14)15-4-5-17(20)18(21)11-15/h2-5,10-11,14H,6-9,12-13H2,1H3,(H2,22,23,24). The van der Waals surface area contributed by atoms with E-state index in [1.807, 2.05) is 0 Å². The Kier molecular flexibility index (Phi) is 6.44. The van der Waals surface area contributed by atoms with Gasteiger partial charge in [0.2, 0.25) is 0 Å². The second-order valence-corrected chi connectivity index (χ2v) is 7.44. The van der Waals surface area contributed by atoms with Gasteiger partial charge in [-0.25, -0.2) is 8.78 Å². The van der Waals surface area contributed by atoms with E-state index < -0.39 is 11.6 Å². The Morgan fingerprint density at radius 2 is 2.15 bits per heavy atom. The summed E-state index contributed by atoms with van der Waals surface area (Å²) in [6.07, 6.45) is 1.99. The smallest absolute Gasteiger partial charge is 0.190 e. The van der Waals surface area contributed by atoms with Crippen molar-refractivity contribution < 1.29 is 8.78 Å². The van der Waals surface area contributed by atoms with Crippen molar-refractivity contribution in [2.24, 2.45) is 10.9 Å². The lowest BCUT2D eigenvalue weighted by molar-refractivity contribution is 0.508. The molecule has 2 N–H and O–H groups in total. The summed E-state index contributed by atoms with van der Waals surface area (Å²) in [5.74, 6) is -0.352. The molecule has 1 fully saturated rings. The van der Waals surface area contributed by atoms with Crippen LogP contribution in [0.5, 0.6) is 0 Å². The maximum atomic E-state index is 13.4. The maximum Gasteiger partial charge on any atom is 0.190 e. The molecule has 1 aromatic carbocycles. The number of rotatable bonds is 6. The number of hydrogen-bond donors (Lipinski definition) is 2. The molecule has 2 aromatic rings. The Bertz CT molecular complexity index is 733. The predicted molar refractivity (Wildman–Crippen MR) is 104 cm³/mol. The van der Waals surface area contributed by atoms with E-state index in [0.29, 0.717) is 5.92 Å². The molecule has 1 saturated heterocycles. The summed E-state index contributed by atoms with van der Waals surface area (Å²) in [4.78, 5) is 7.71. The first kappa shape index (κ1) is 18.6. The fourth-order valence-electron chi connectivity index (χ4n) is 3.14. The first-order valence-corrected chi connectivity index (χ1v) is 9.70. The Hall–Kier alpha value is -2.15. The van der Waals surface area contributed by atoms with Gasteiger partial charge < -0.3 is 15.5 Å². The van der Waals surface area contributed by atoms with Gasteiger partial charge in [0, 0.05) is 49.9 Å². The Labute approximate surface area is 156 Å². The Morgan fingerprint density at radius 1 is 1.27 bits per heavy atom. The number of thiophene rings is 1. The monoisotopic (exact) mass is 378 g/mol. The molecular weight excluding hydrogens is 354 g/mol. The maximum absolute atomic E-state index is 13.4. The van der Waals surface area contributed by atoms with Crippen LogP contribution < -0.4 is 15.5 Å². The van der Waals surface area contributed by atoms with E-state index in [2.05, 4.69) is 38.0 Å². The molecule has 140 valence electrons. The number of aliphatic imine (C=N–C) groups is 1. The molecular formula is C19H24F2N4S. The lowest BCUT2D eigenvalue weighted by atomic mass is 10.1. The van der Waals surface area contributed by atoms with Gasteiger partial charge in [0.25, 0.3) is 0 Å². The quantitative estimate of drug-likeness (QED) is 0.599. The molecule has 0 spiro atoms. The normalized spacial score (nSPS) is 17.6. The SMILES string of the molecule is CN=C(NCCc1cccs1)NCC1CCN(c2ccc(F)c(F)c2)C1. The summed E-state index contributed by atoms with van der Waals surface area (Å²) in [6.45, 7) is 3.32. The van der Waals surface area contributed by atoms with E-state index in [1.165, 1.54) is 17.0 Å². The molecule has 26 heavy (non-hydrogen) atoms. The molecule has 2 heterocycles. The van der Waals surface area contributed by atoms with Crippen LogP contribution in [0.15, 0.2) is 40.7 Å². The van der Waals surface area contributed by atoms with Crippen LogP contribution in [-0.2, 0) is 6.42 Å². The molecule has 1 aliphatic rings. The summed E-state index contributed by atoms with van der Waals surface area (Å²) in [6, 6.07) is 8.30. The van der Waals surface area contributed by atoms with Crippen molar-refractivity contribution in [2.45, 2.75) is 12.8 Å². The van der Waals surface area contributed by atoms with Crippen LogP contribution in [0.4, 0.5) is 14.5 Å². The van der Waals surface area contributed by atoms with E-state index in [9.17, 15) is 8.78 Å². The largest absolute Gasteiger partial charge is 0.371 e. The zero-order valence-electron chi connectivity index (χ0n) is 14.8. The van der Waals surface area contributed by atoms with Crippen molar-refractivity contribution in [3.8, 4) is 0 Å². The molecule has 0 bridgehead atoms.